The fraction of sp³-hybridized carbons (Fsp3) is 0.562. The van der Waals surface area contributed by atoms with E-state index in [-0.39, 0.29) is 18.1 Å². The van der Waals surface area contributed by atoms with Crippen molar-refractivity contribution in [2.45, 2.75) is 34.1 Å². The average Bonchev–Trinajstić information content (AvgIpc) is 2.26. The van der Waals surface area contributed by atoms with Crippen LogP contribution in [-0.4, -0.2) is 23.9 Å². The third-order valence-corrected chi connectivity index (χ3v) is 2.77. The summed E-state index contributed by atoms with van der Waals surface area (Å²) < 4.78 is 13.1. The summed E-state index contributed by atoms with van der Waals surface area (Å²) in [5, 5.41) is 0. The van der Waals surface area contributed by atoms with E-state index in [4.69, 9.17) is 0 Å². The van der Waals surface area contributed by atoms with Gasteiger partial charge in [0.1, 0.15) is 5.82 Å². The molecule has 0 fully saturated rings. The quantitative estimate of drug-likeness (QED) is 0.771. The first kappa shape index (κ1) is 15.7. The number of halogens is 1. The minimum absolute atomic E-state index is 0.0769. The van der Waals surface area contributed by atoms with Crippen LogP contribution in [0.2, 0.25) is 0 Å². The van der Waals surface area contributed by atoms with Gasteiger partial charge in [-0.1, -0.05) is 39.8 Å². The molecule has 0 N–H and O–H groups in total. The van der Waals surface area contributed by atoms with Crippen LogP contribution >= 0.6 is 0 Å². The second-order valence-corrected chi connectivity index (χ2v) is 5.89. The van der Waals surface area contributed by atoms with Gasteiger partial charge in [-0.2, -0.15) is 0 Å². The monoisotopic (exact) mass is 265 g/mol. The van der Waals surface area contributed by atoms with Crippen LogP contribution in [-0.2, 0) is 11.2 Å². The van der Waals surface area contributed by atoms with Crippen LogP contribution in [0.5, 0.6) is 0 Å². The summed E-state index contributed by atoms with van der Waals surface area (Å²) in [4.78, 5) is 14.2. The summed E-state index contributed by atoms with van der Waals surface area (Å²) in [5.41, 5.74) is 0.738. The van der Waals surface area contributed by atoms with Gasteiger partial charge < -0.3 is 4.90 Å². The van der Waals surface area contributed by atoms with E-state index in [1.54, 1.807) is 12.1 Å². The van der Waals surface area contributed by atoms with Crippen LogP contribution in [0.4, 0.5) is 4.39 Å². The minimum Gasteiger partial charge on any atom is -0.342 e. The Balaban J connectivity index is 2.70. The lowest BCUT2D eigenvalue weighted by Crippen LogP contribution is -2.38. The number of carbonyl (C=O) groups is 1. The second kappa shape index (κ2) is 7.27. The molecule has 0 bridgehead atoms. The Labute approximate surface area is 115 Å². The Morgan fingerprint density at radius 2 is 1.74 bits per heavy atom. The lowest BCUT2D eigenvalue weighted by molar-refractivity contribution is -0.131. The van der Waals surface area contributed by atoms with Crippen LogP contribution in [0.3, 0.4) is 0 Å². The highest BCUT2D eigenvalue weighted by atomic mass is 19.1. The fourth-order valence-corrected chi connectivity index (χ4v) is 2.09. The topological polar surface area (TPSA) is 20.3 Å². The zero-order chi connectivity index (χ0) is 14.4. The number of amides is 1. The summed E-state index contributed by atoms with van der Waals surface area (Å²) in [6.45, 7) is 9.91. The van der Waals surface area contributed by atoms with Crippen molar-refractivity contribution in [1.82, 2.24) is 4.90 Å². The highest BCUT2D eigenvalue weighted by molar-refractivity contribution is 5.78. The molecule has 0 unspecified atom stereocenters. The summed E-state index contributed by atoms with van der Waals surface area (Å²) in [6, 6.07) is 6.27. The van der Waals surface area contributed by atoms with E-state index in [9.17, 15) is 9.18 Å². The van der Waals surface area contributed by atoms with Crippen molar-refractivity contribution >= 4 is 5.91 Å². The van der Waals surface area contributed by atoms with Crippen molar-refractivity contribution < 1.29 is 9.18 Å². The standard InChI is InChI=1S/C16H24FNO/c1-12(2)10-18(11-13(3)4)16(19)9-14-6-5-7-15(17)8-14/h5-8,12-13H,9-11H2,1-4H3. The maximum absolute atomic E-state index is 13.1. The maximum Gasteiger partial charge on any atom is 0.227 e. The van der Waals surface area contributed by atoms with Crippen molar-refractivity contribution in [3.05, 3.63) is 35.6 Å². The first-order valence-corrected chi connectivity index (χ1v) is 6.90. The molecule has 0 heterocycles. The third-order valence-electron chi connectivity index (χ3n) is 2.77. The van der Waals surface area contributed by atoms with Gasteiger partial charge >= 0.3 is 0 Å². The SMILES string of the molecule is CC(C)CN(CC(C)C)C(=O)Cc1cccc(F)c1. The Morgan fingerprint density at radius 3 is 2.21 bits per heavy atom. The molecule has 0 aliphatic carbocycles. The largest absolute Gasteiger partial charge is 0.342 e. The Bertz CT molecular complexity index is 405. The molecule has 0 aromatic heterocycles. The average molecular weight is 265 g/mol. The van der Waals surface area contributed by atoms with E-state index in [2.05, 4.69) is 27.7 Å². The molecule has 2 nitrogen and oxygen atoms in total. The van der Waals surface area contributed by atoms with Crippen LogP contribution in [0.25, 0.3) is 0 Å². The van der Waals surface area contributed by atoms with Crippen LogP contribution in [0, 0.1) is 17.7 Å². The normalized spacial score (nSPS) is 11.1. The smallest absolute Gasteiger partial charge is 0.227 e. The molecule has 1 aromatic carbocycles. The van der Waals surface area contributed by atoms with E-state index in [0.29, 0.717) is 11.8 Å². The van der Waals surface area contributed by atoms with Crippen molar-refractivity contribution in [2.24, 2.45) is 11.8 Å². The summed E-state index contributed by atoms with van der Waals surface area (Å²) >= 11 is 0. The van der Waals surface area contributed by atoms with Gasteiger partial charge in [-0.15, -0.1) is 0 Å². The van der Waals surface area contributed by atoms with E-state index in [1.807, 2.05) is 4.90 Å². The molecule has 3 heteroatoms. The van der Waals surface area contributed by atoms with Gasteiger partial charge in [0.25, 0.3) is 0 Å². The highest BCUT2D eigenvalue weighted by Crippen LogP contribution is 2.09. The Kier molecular flexibility index (Phi) is 6.00. The molecule has 1 rings (SSSR count). The number of carbonyl (C=O) groups excluding carboxylic acids is 1. The predicted molar refractivity (Wildman–Crippen MR) is 76.4 cm³/mol. The van der Waals surface area contributed by atoms with E-state index in [1.165, 1.54) is 12.1 Å². The number of hydrogen-bond acceptors (Lipinski definition) is 1. The zero-order valence-corrected chi connectivity index (χ0v) is 12.3. The molecule has 0 radical (unpaired) electrons. The molecular weight excluding hydrogens is 241 g/mol. The second-order valence-electron chi connectivity index (χ2n) is 5.89. The molecule has 19 heavy (non-hydrogen) atoms. The van der Waals surface area contributed by atoms with Crippen molar-refractivity contribution in [3.63, 3.8) is 0 Å². The van der Waals surface area contributed by atoms with Crippen molar-refractivity contribution in [1.29, 1.82) is 0 Å². The maximum atomic E-state index is 13.1. The summed E-state index contributed by atoms with van der Waals surface area (Å²) in [5.74, 6) is 0.669. The predicted octanol–water partition coefficient (Wildman–Crippen LogP) is 3.51. The van der Waals surface area contributed by atoms with Gasteiger partial charge in [0.05, 0.1) is 6.42 Å². The lowest BCUT2D eigenvalue weighted by Gasteiger charge is -2.26. The fourth-order valence-electron chi connectivity index (χ4n) is 2.09. The number of rotatable bonds is 6. The zero-order valence-electron chi connectivity index (χ0n) is 12.3. The van der Waals surface area contributed by atoms with E-state index < -0.39 is 0 Å². The molecule has 0 aliphatic rings. The number of nitrogens with zero attached hydrogens (tertiary/aromatic N) is 1. The van der Waals surface area contributed by atoms with Gasteiger partial charge in [0.2, 0.25) is 5.91 Å². The Morgan fingerprint density at radius 1 is 1.16 bits per heavy atom. The molecule has 0 saturated carbocycles. The minimum atomic E-state index is -0.287. The highest BCUT2D eigenvalue weighted by Gasteiger charge is 2.16. The van der Waals surface area contributed by atoms with Crippen molar-refractivity contribution in [3.8, 4) is 0 Å². The lowest BCUT2D eigenvalue weighted by atomic mass is 10.1. The van der Waals surface area contributed by atoms with Crippen LogP contribution in [0.15, 0.2) is 24.3 Å². The summed E-state index contributed by atoms with van der Waals surface area (Å²) in [6.07, 6.45) is 0.275. The molecule has 0 atom stereocenters. The van der Waals surface area contributed by atoms with E-state index >= 15 is 0 Å². The molecular formula is C16H24FNO. The molecule has 0 spiro atoms. The van der Waals surface area contributed by atoms with E-state index in [0.717, 1.165) is 18.7 Å². The third kappa shape index (κ3) is 5.86. The number of hydrogen-bond donors (Lipinski definition) is 0. The number of benzene rings is 1. The van der Waals surface area contributed by atoms with Crippen LogP contribution in [0.1, 0.15) is 33.3 Å². The Hall–Kier alpha value is -1.38. The van der Waals surface area contributed by atoms with Crippen LogP contribution < -0.4 is 0 Å². The molecule has 1 amide bonds. The summed E-state index contributed by atoms with van der Waals surface area (Å²) in [7, 11) is 0. The van der Waals surface area contributed by atoms with Crippen molar-refractivity contribution in [2.75, 3.05) is 13.1 Å². The first-order valence-electron chi connectivity index (χ1n) is 6.90. The van der Waals surface area contributed by atoms with Gasteiger partial charge in [-0.3, -0.25) is 4.79 Å². The molecule has 1 aromatic rings. The first-order chi connectivity index (χ1) is 8.88. The molecule has 0 aliphatic heterocycles. The van der Waals surface area contributed by atoms with Gasteiger partial charge in [0.15, 0.2) is 0 Å². The van der Waals surface area contributed by atoms with Gasteiger partial charge in [-0.25, -0.2) is 4.39 Å². The molecule has 106 valence electrons. The van der Waals surface area contributed by atoms with Gasteiger partial charge in [0, 0.05) is 13.1 Å². The van der Waals surface area contributed by atoms with Gasteiger partial charge in [-0.05, 0) is 29.5 Å². The molecule has 0 saturated heterocycles.